The van der Waals surface area contributed by atoms with Gasteiger partial charge in [-0.05, 0) is 12.1 Å². The summed E-state index contributed by atoms with van der Waals surface area (Å²) >= 11 is 1.37. The molecule has 2 aromatic carbocycles. The lowest BCUT2D eigenvalue weighted by Gasteiger charge is -2.05. The number of hydrogen-bond acceptors (Lipinski definition) is 3. The van der Waals surface area contributed by atoms with E-state index in [1.807, 2.05) is 36.5 Å². The van der Waals surface area contributed by atoms with Crippen molar-refractivity contribution >= 4 is 27.9 Å². The van der Waals surface area contributed by atoms with Crippen LogP contribution in [0, 0.1) is 5.82 Å². The van der Waals surface area contributed by atoms with Crippen molar-refractivity contribution in [2.75, 3.05) is 5.32 Å². The molecule has 6 heteroatoms. The molecule has 0 atom stereocenters. The first kappa shape index (κ1) is 14.6. The Kier molecular flexibility index (Phi) is 3.59. The van der Waals surface area contributed by atoms with E-state index in [0.29, 0.717) is 10.7 Å². The standard InChI is InChI=1S/C18H12FN3OS/c19-13-8-4-5-9-14(13)20-17(23)16-11-24-18-21-15(10-22(16)18)12-6-2-1-3-7-12/h1-11H,(H,20,23). The number of aromatic nitrogens is 2. The fourth-order valence-corrected chi connectivity index (χ4v) is 3.30. The van der Waals surface area contributed by atoms with Crippen molar-refractivity contribution in [2.24, 2.45) is 0 Å². The molecule has 0 saturated carbocycles. The largest absolute Gasteiger partial charge is 0.318 e. The zero-order chi connectivity index (χ0) is 16.5. The summed E-state index contributed by atoms with van der Waals surface area (Å²) < 4.78 is 15.4. The second-order valence-corrected chi connectivity index (χ2v) is 6.04. The zero-order valence-electron chi connectivity index (χ0n) is 12.4. The number of amides is 1. The number of fused-ring (bicyclic) bond motifs is 1. The molecule has 0 bridgehead atoms. The number of benzene rings is 2. The number of halogens is 1. The lowest BCUT2D eigenvalue weighted by molar-refractivity contribution is 0.102. The molecule has 4 nitrogen and oxygen atoms in total. The first-order valence-corrected chi connectivity index (χ1v) is 8.18. The molecule has 4 aromatic rings. The third-order valence-corrected chi connectivity index (χ3v) is 4.47. The number of nitrogens with one attached hydrogen (secondary N) is 1. The van der Waals surface area contributed by atoms with Gasteiger partial charge in [-0.1, -0.05) is 42.5 Å². The van der Waals surface area contributed by atoms with E-state index in [4.69, 9.17) is 0 Å². The van der Waals surface area contributed by atoms with Crippen LogP contribution < -0.4 is 5.32 Å². The van der Waals surface area contributed by atoms with E-state index < -0.39 is 5.82 Å². The van der Waals surface area contributed by atoms with Crippen LogP contribution in [-0.2, 0) is 0 Å². The Hall–Kier alpha value is -2.99. The lowest BCUT2D eigenvalue weighted by Crippen LogP contribution is -2.14. The summed E-state index contributed by atoms with van der Waals surface area (Å²) in [5.41, 5.74) is 2.36. The van der Waals surface area contributed by atoms with Crippen molar-refractivity contribution in [1.82, 2.24) is 9.38 Å². The minimum absolute atomic E-state index is 0.158. The van der Waals surface area contributed by atoms with Crippen LogP contribution >= 0.6 is 11.3 Å². The lowest BCUT2D eigenvalue weighted by atomic mass is 10.2. The maximum absolute atomic E-state index is 13.7. The summed E-state index contributed by atoms with van der Waals surface area (Å²) in [7, 11) is 0. The average molecular weight is 337 g/mol. The Balaban J connectivity index is 1.68. The molecule has 0 spiro atoms. The van der Waals surface area contributed by atoms with Crippen molar-refractivity contribution in [2.45, 2.75) is 0 Å². The van der Waals surface area contributed by atoms with Gasteiger partial charge in [0.25, 0.3) is 5.91 Å². The summed E-state index contributed by atoms with van der Waals surface area (Å²) in [6.45, 7) is 0. The maximum Gasteiger partial charge on any atom is 0.273 e. The molecule has 4 rings (SSSR count). The monoisotopic (exact) mass is 337 g/mol. The Morgan fingerprint density at radius 1 is 1.08 bits per heavy atom. The van der Waals surface area contributed by atoms with Crippen LogP contribution in [0.2, 0.25) is 0 Å². The van der Waals surface area contributed by atoms with E-state index in [1.165, 1.54) is 23.5 Å². The quantitative estimate of drug-likeness (QED) is 0.600. The van der Waals surface area contributed by atoms with Gasteiger partial charge in [0, 0.05) is 17.1 Å². The highest BCUT2D eigenvalue weighted by atomic mass is 32.1. The van der Waals surface area contributed by atoms with Crippen LogP contribution in [-0.4, -0.2) is 15.3 Å². The third-order valence-electron chi connectivity index (χ3n) is 3.63. The highest BCUT2D eigenvalue weighted by molar-refractivity contribution is 7.15. The minimum atomic E-state index is -0.465. The summed E-state index contributed by atoms with van der Waals surface area (Å²) in [4.78, 5) is 17.7. The highest BCUT2D eigenvalue weighted by Crippen LogP contribution is 2.24. The zero-order valence-corrected chi connectivity index (χ0v) is 13.3. The normalized spacial score (nSPS) is 10.9. The molecular weight excluding hydrogens is 325 g/mol. The van der Waals surface area contributed by atoms with Crippen LogP contribution in [0.1, 0.15) is 10.5 Å². The molecule has 0 saturated heterocycles. The van der Waals surface area contributed by atoms with Gasteiger partial charge >= 0.3 is 0 Å². The predicted molar refractivity (Wildman–Crippen MR) is 92.9 cm³/mol. The Morgan fingerprint density at radius 2 is 1.83 bits per heavy atom. The van der Waals surface area contributed by atoms with Crippen LogP contribution in [0.4, 0.5) is 10.1 Å². The molecule has 1 amide bonds. The molecule has 118 valence electrons. The summed E-state index contributed by atoms with van der Waals surface area (Å²) in [5, 5.41) is 4.31. The second kappa shape index (κ2) is 5.90. The number of carbonyl (C=O) groups excluding carboxylic acids is 1. The Bertz CT molecular complexity index is 1020. The SMILES string of the molecule is O=C(Nc1ccccc1F)c1csc2nc(-c3ccccc3)cn12. The van der Waals surface area contributed by atoms with Crippen LogP contribution in [0.25, 0.3) is 16.2 Å². The van der Waals surface area contributed by atoms with Gasteiger partial charge in [-0.15, -0.1) is 11.3 Å². The Labute approximate surface area is 141 Å². The van der Waals surface area contributed by atoms with Gasteiger partial charge in [0.2, 0.25) is 0 Å². The number of rotatable bonds is 3. The van der Waals surface area contributed by atoms with E-state index in [9.17, 15) is 9.18 Å². The number of carbonyl (C=O) groups is 1. The van der Waals surface area contributed by atoms with Crippen LogP contribution in [0.15, 0.2) is 66.2 Å². The molecule has 1 N–H and O–H groups in total. The van der Waals surface area contributed by atoms with Crippen molar-refractivity contribution in [3.05, 3.63) is 77.7 Å². The van der Waals surface area contributed by atoms with Gasteiger partial charge in [-0.25, -0.2) is 9.37 Å². The number of para-hydroxylation sites is 1. The number of nitrogens with zero attached hydrogens (tertiary/aromatic N) is 2. The summed E-state index contributed by atoms with van der Waals surface area (Å²) in [6, 6.07) is 15.8. The number of hydrogen-bond donors (Lipinski definition) is 1. The second-order valence-electron chi connectivity index (χ2n) is 5.20. The molecule has 0 aliphatic heterocycles. The highest BCUT2D eigenvalue weighted by Gasteiger charge is 2.16. The van der Waals surface area contributed by atoms with Crippen LogP contribution in [0.3, 0.4) is 0 Å². The topological polar surface area (TPSA) is 46.4 Å². The predicted octanol–water partition coefficient (Wildman–Crippen LogP) is 4.45. The van der Waals surface area contributed by atoms with Gasteiger partial charge < -0.3 is 5.32 Å². The van der Waals surface area contributed by atoms with Gasteiger partial charge in [-0.2, -0.15) is 0 Å². The number of imidazole rings is 1. The Morgan fingerprint density at radius 3 is 2.62 bits per heavy atom. The first-order valence-electron chi connectivity index (χ1n) is 7.30. The van der Waals surface area contributed by atoms with Crippen molar-refractivity contribution < 1.29 is 9.18 Å². The summed E-state index contributed by atoms with van der Waals surface area (Å²) in [5.74, 6) is -0.837. The van der Waals surface area contributed by atoms with E-state index >= 15 is 0 Å². The molecule has 24 heavy (non-hydrogen) atoms. The molecular formula is C18H12FN3OS. The van der Waals surface area contributed by atoms with Crippen molar-refractivity contribution in [3.63, 3.8) is 0 Å². The molecule has 2 aromatic heterocycles. The fourth-order valence-electron chi connectivity index (χ4n) is 2.44. The number of anilines is 1. The van der Waals surface area contributed by atoms with Crippen LogP contribution in [0.5, 0.6) is 0 Å². The molecule has 0 aliphatic rings. The van der Waals surface area contributed by atoms with Gasteiger partial charge in [0.1, 0.15) is 11.5 Å². The van der Waals surface area contributed by atoms with Gasteiger partial charge in [-0.3, -0.25) is 9.20 Å². The van der Waals surface area contributed by atoms with Gasteiger partial charge in [0.15, 0.2) is 4.96 Å². The summed E-state index contributed by atoms with van der Waals surface area (Å²) in [6.07, 6.45) is 1.82. The third kappa shape index (κ3) is 2.57. The minimum Gasteiger partial charge on any atom is -0.318 e. The average Bonchev–Trinajstić information content (AvgIpc) is 3.18. The molecule has 0 fully saturated rings. The van der Waals surface area contributed by atoms with Crippen molar-refractivity contribution in [3.8, 4) is 11.3 Å². The van der Waals surface area contributed by atoms with E-state index in [2.05, 4.69) is 10.3 Å². The maximum atomic E-state index is 13.7. The molecule has 2 heterocycles. The smallest absolute Gasteiger partial charge is 0.273 e. The van der Waals surface area contributed by atoms with Gasteiger partial charge in [0.05, 0.1) is 11.4 Å². The molecule has 0 unspecified atom stereocenters. The number of thiazole rings is 1. The molecule has 0 aliphatic carbocycles. The first-order chi connectivity index (χ1) is 11.7. The molecule has 0 radical (unpaired) electrons. The van der Waals surface area contributed by atoms with E-state index in [1.54, 1.807) is 21.9 Å². The fraction of sp³-hybridized carbons (Fsp3) is 0. The van der Waals surface area contributed by atoms with E-state index in [-0.39, 0.29) is 11.6 Å². The van der Waals surface area contributed by atoms with Crippen molar-refractivity contribution in [1.29, 1.82) is 0 Å². The van der Waals surface area contributed by atoms with E-state index in [0.717, 1.165) is 11.3 Å².